The van der Waals surface area contributed by atoms with Crippen molar-refractivity contribution in [1.82, 2.24) is 0 Å². The van der Waals surface area contributed by atoms with Crippen LogP contribution in [0.5, 0.6) is 5.75 Å². The summed E-state index contributed by atoms with van der Waals surface area (Å²) in [6, 6.07) is 5.09. The maximum absolute atomic E-state index is 12.1. The Hall–Kier alpha value is -1.71. The summed E-state index contributed by atoms with van der Waals surface area (Å²) in [5.41, 5.74) is 6.41. The molecule has 5 nitrogen and oxygen atoms in total. The van der Waals surface area contributed by atoms with Crippen LogP contribution in [0, 0.1) is 17.8 Å². The quantitative estimate of drug-likeness (QED) is 0.785. The zero-order valence-electron chi connectivity index (χ0n) is 12.6. The van der Waals surface area contributed by atoms with Crippen molar-refractivity contribution in [2.75, 3.05) is 24.1 Å². The molecule has 0 aliphatic heterocycles. The van der Waals surface area contributed by atoms with Crippen LogP contribution in [0.1, 0.15) is 25.8 Å². The van der Waals surface area contributed by atoms with Crippen LogP contribution in [0.2, 0.25) is 0 Å². The highest BCUT2D eigenvalue weighted by Crippen LogP contribution is 2.26. The largest absolute Gasteiger partial charge is 0.495 e. The Morgan fingerprint density at radius 1 is 1.38 bits per heavy atom. The summed E-state index contributed by atoms with van der Waals surface area (Å²) >= 11 is 0. The van der Waals surface area contributed by atoms with Crippen LogP contribution in [0.4, 0.5) is 5.69 Å². The molecule has 0 unspecified atom stereocenters. The van der Waals surface area contributed by atoms with Crippen LogP contribution in [0.3, 0.4) is 0 Å². The highest BCUT2D eigenvalue weighted by atomic mass is 32.2. The average Bonchev–Trinajstić information content (AvgIpc) is 2.43. The lowest BCUT2D eigenvalue weighted by atomic mass is 10.2. The van der Waals surface area contributed by atoms with Gasteiger partial charge in [-0.15, -0.1) is 0 Å². The van der Waals surface area contributed by atoms with Crippen molar-refractivity contribution in [3.05, 3.63) is 23.8 Å². The van der Waals surface area contributed by atoms with Crippen molar-refractivity contribution < 1.29 is 13.2 Å². The van der Waals surface area contributed by atoms with E-state index in [9.17, 15) is 8.42 Å². The zero-order valence-corrected chi connectivity index (χ0v) is 13.5. The summed E-state index contributed by atoms with van der Waals surface area (Å²) in [4.78, 5) is 0. The van der Waals surface area contributed by atoms with Gasteiger partial charge < -0.3 is 10.5 Å². The van der Waals surface area contributed by atoms with E-state index in [-0.39, 0.29) is 12.3 Å². The van der Waals surface area contributed by atoms with Gasteiger partial charge >= 0.3 is 0 Å². The molecular weight excluding hydrogens is 288 g/mol. The average molecular weight is 310 g/mol. The summed E-state index contributed by atoms with van der Waals surface area (Å²) < 4.78 is 31.9. The van der Waals surface area contributed by atoms with Crippen LogP contribution in [-0.4, -0.2) is 27.8 Å². The second-order valence-electron chi connectivity index (χ2n) is 5.02. The van der Waals surface area contributed by atoms with Gasteiger partial charge in [0.1, 0.15) is 5.75 Å². The van der Waals surface area contributed by atoms with E-state index in [4.69, 9.17) is 10.5 Å². The Morgan fingerprint density at radius 3 is 2.67 bits per heavy atom. The predicted molar refractivity (Wildman–Crippen MR) is 85.8 cm³/mol. The first kappa shape index (κ1) is 17.3. The second-order valence-corrected chi connectivity index (χ2v) is 6.87. The summed E-state index contributed by atoms with van der Waals surface area (Å²) in [6.07, 6.45) is 0.602. The molecule has 0 saturated heterocycles. The smallest absolute Gasteiger partial charge is 0.232 e. The fourth-order valence-corrected chi connectivity index (χ4v) is 3.01. The number of rotatable bonds is 6. The first-order valence-corrected chi connectivity index (χ1v) is 8.40. The molecule has 1 rings (SSSR count). The van der Waals surface area contributed by atoms with Gasteiger partial charge in [0.15, 0.2) is 0 Å². The molecule has 1 aromatic rings. The molecule has 0 radical (unpaired) electrons. The maximum Gasteiger partial charge on any atom is 0.232 e. The third-order valence-electron chi connectivity index (χ3n) is 2.76. The topological polar surface area (TPSA) is 81.4 Å². The van der Waals surface area contributed by atoms with Crippen LogP contribution < -0.4 is 15.2 Å². The molecule has 0 saturated carbocycles. The molecule has 0 heterocycles. The lowest BCUT2D eigenvalue weighted by Gasteiger charge is -2.13. The number of hydrogen-bond donors (Lipinski definition) is 2. The minimum Gasteiger partial charge on any atom is -0.495 e. The minimum absolute atomic E-state index is 0.0759. The number of hydrogen-bond acceptors (Lipinski definition) is 4. The van der Waals surface area contributed by atoms with Gasteiger partial charge in [0, 0.05) is 5.56 Å². The molecule has 3 N–H and O–H groups in total. The fraction of sp³-hybridized carbons (Fsp3) is 0.467. The van der Waals surface area contributed by atoms with Crippen molar-refractivity contribution in [2.24, 2.45) is 11.7 Å². The molecule has 0 aliphatic carbocycles. The lowest BCUT2D eigenvalue weighted by molar-refractivity contribution is 0.417. The number of nitrogens with one attached hydrogen (secondary N) is 1. The number of methoxy groups -OCH3 is 1. The van der Waals surface area contributed by atoms with E-state index in [0.717, 1.165) is 0 Å². The van der Waals surface area contributed by atoms with Gasteiger partial charge in [-0.2, -0.15) is 0 Å². The molecule has 0 aromatic heterocycles. The SMILES string of the molecule is COc1ccc(C#CCN)cc1NS(=O)(=O)CCC(C)C. The third kappa shape index (κ3) is 6.06. The van der Waals surface area contributed by atoms with Gasteiger partial charge in [-0.3, -0.25) is 4.72 Å². The first-order valence-electron chi connectivity index (χ1n) is 6.75. The maximum atomic E-state index is 12.1. The normalized spacial score (nSPS) is 10.9. The van der Waals surface area contributed by atoms with E-state index in [1.54, 1.807) is 18.2 Å². The summed E-state index contributed by atoms with van der Waals surface area (Å²) in [5, 5.41) is 0. The van der Waals surface area contributed by atoms with Gasteiger partial charge in [-0.25, -0.2) is 8.42 Å². The molecule has 0 atom stereocenters. The van der Waals surface area contributed by atoms with Crippen molar-refractivity contribution in [1.29, 1.82) is 0 Å². The molecular formula is C15H22N2O3S. The molecule has 0 amide bonds. The first-order chi connectivity index (χ1) is 9.88. The number of nitrogens with two attached hydrogens (primary N) is 1. The minimum atomic E-state index is -3.40. The van der Waals surface area contributed by atoms with E-state index < -0.39 is 10.0 Å². The highest BCUT2D eigenvalue weighted by Gasteiger charge is 2.14. The Balaban J connectivity index is 2.99. The Bertz CT molecular complexity index is 628. The number of anilines is 1. The molecule has 0 fully saturated rings. The van der Waals surface area contributed by atoms with E-state index in [0.29, 0.717) is 29.3 Å². The molecule has 0 spiro atoms. The Morgan fingerprint density at radius 2 is 2.10 bits per heavy atom. The van der Waals surface area contributed by atoms with Crippen molar-refractivity contribution in [2.45, 2.75) is 20.3 Å². The number of ether oxygens (including phenoxy) is 1. The van der Waals surface area contributed by atoms with E-state index >= 15 is 0 Å². The van der Waals surface area contributed by atoms with Crippen LogP contribution in [0.25, 0.3) is 0 Å². The Kier molecular flexibility index (Phi) is 6.53. The third-order valence-corrected chi connectivity index (χ3v) is 4.07. The predicted octanol–water partition coefficient (Wildman–Crippen LogP) is 1.79. The van der Waals surface area contributed by atoms with Crippen LogP contribution in [-0.2, 0) is 10.0 Å². The molecule has 0 aliphatic rings. The Labute approximate surface area is 126 Å². The van der Waals surface area contributed by atoms with Gasteiger partial charge in [0.25, 0.3) is 0 Å². The fourth-order valence-electron chi connectivity index (χ4n) is 1.63. The van der Waals surface area contributed by atoms with Gasteiger partial charge in [-0.1, -0.05) is 25.7 Å². The van der Waals surface area contributed by atoms with Gasteiger partial charge in [-0.05, 0) is 30.5 Å². The van der Waals surface area contributed by atoms with E-state index in [2.05, 4.69) is 16.6 Å². The monoisotopic (exact) mass is 310 g/mol. The van der Waals surface area contributed by atoms with Crippen molar-refractivity contribution in [3.8, 4) is 17.6 Å². The summed E-state index contributed by atoms with van der Waals surface area (Å²) in [5.74, 6) is 6.46. The highest BCUT2D eigenvalue weighted by molar-refractivity contribution is 7.92. The molecule has 21 heavy (non-hydrogen) atoms. The van der Waals surface area contributed by atoms with Crippen LogP contribution in [0.15, 0.2) is 18.2 Å². The molecule has 1 aromatic carbocycles. The van der Waals surface area contributed by atoms with E-state index in [1.165, 1.54) is 7.11 Å². The zero-order chi connectivity index (χ0) is 15.9. The summed E-state index contributed by atoms with van der Waals surface area (Å²) in [6.45, 7) is 4.22. The van der Waals surface area contributed by atoms with Crippen molar-refractivity contribution >= 4 is 15.7 Å². The molecule has 116 valence electrons. The summed E-state index contributed by atoms with van der Waals surface area (Å²) in [7, 11) is -1.91. The lowest BCUT2D eigenvalue weighted by Crippen LogP contribution is -2.18. The van der Waals surface area contributed by atoms with E-state index in [1.807, 2.05) is 13.8 Å². The standard InChI is InChI=1S/C15H22N2O3S/c1-12(2)8-10-21(18,19)17-14-11-13(5-4-9-16)6-7-15(14)20-3/h6-7,11-12,17H,8-10,16H2,1-3H3. The van der Waals surface area contributed by atoms with Crippen molar-refractivity contribution in [3.63, 3.8) is 0 Å². The van der Waals surface area contributed by atoms with Gasteiger partial charge in [0.05, 0.1) is 25.1 Å². The number of sulfonamides is 1. The van der Waals surface area contributed by atoms with Gasteiger partial charge in [0.2, 0.25) is 10.0 Å². The number of benzene rings is 1. The molecule has 0 bridgehead atoms. The van der Waals surface area contributed by atoms with Crippen LogP contribution >= 0.6 is 0 Å². The molecule has 6 heteroatoms. The second kappa shape index (κ2) is 7.91.